The lowest BCUT2D eigenvalue weighted by Crippen LogP contribution is -2.64. The average molecular weight is 895 g/mol. The molecule has 7 aliphatic rings. The van der Waals surface area contributed by atoms with E-state index in [0.29, 0.717) is 5.92 Å². The molecular weight excluding hydrogens is 828 g/mol. The molecule has 4 aliphatic carbocycles. The van der Waals surface area contributed by atoms with Crippen LogP contribution in [-0.4, -0.2) is 12.3 Å². The zero-order valence-electron chi connectivity index (χ0n) is 41.6. The summed E-state index contributed by atoms with van der Waals surface area (Å²) in [6, 6.07) is 42.3. The Morgan fingerprint density at radius 1 is 0.552 bits per heavy atom. The summed E-state index contributed by atoms with van der Waals surface area (Å²) in [5.41, 5.74) is 23.2. The highest BCUT2D eigenvalue weighted by molar-refractivity contribution is 7.26. The van der Waals surface area contributed by atoms with Crippen LogP contribution in [0.3, 0.4) is 0 Å². The number of benzene rings is 6. The van der Waals surface area contributed by atoms with Crippen LogP contribution in [0.2, 0.25) is 0 Å². The van der Waals surface area contributed by atoms with Crippen LogP contribution in [0.4, 0.5) is 28.4 Å². The maximum atomic E-state index is 2.89. The highest BCUT2D eigenvalue weighted by atomic mass is 32.1. The summed E-state index contributed by atoms with van der Waals surface area (Å²) in [4.78, 5) is 5.65. The van der Waals surface area contributed by atoms with Gasteiger partial charge in [0.05, 0.1) is 15.9 Å². The molecule has 0 bridgehead atoms. The van der Waals surface area contributed by atoms with E-state index >= 15 is 0 Å². The monoisotopic (exact) mass is 895 g/mol. The van der Waals surface area contributed by atoms with Gasteiger partial charge in [-0.25, -0.2) is 0 Å². The van der Waals surface area contributed by atoms with Gasteiger partial charge in [-0.15, -0.1) is 11.3 Å². The summed E-state index contributed by atoms with van der Waals surface area (Å²) in [6.45, 7) is 23.2. The number of fused-ring (bicyclic) bond motifs is 13. The molecule has 67 heavy (non-hydrogen) atoms. The predicted octanol–water partition coefficient (Wildman–Crippen LogP) is 15.4. The summed E-state index contributed by atoms with van der Waals surface area (Å²) < 4.78 is 2.74. The minimum Gasteiger partial charge on any atom is -0.334 e. The molecule has 2 saturated carbocycles. The normalized spacial score (nSPS) is 29.1. The summed E-state index contributed by atoms with van der Waals surface area (Å²) in [7, 11) is 0. The zero-order valence-corrected chi connectivity index (χ0v) is 42.4. The van der Waals surface area contributed by atoms with Crippen molar-refractivity contribution in [2.75, 3.05) is 9.80 Å². The summed E-state index contributed by atoms with van der Waals surface area (Å²) in [6.07, 6.45) is 14.0. The van der Waals surface area contributed by atoms with Crippen molar-refractivity contribution < 1.29 is 0 Å². The largest absolute Gasteiger partial charge is 0.334 e. The molecule has 4 heterocycles. The SMILES string of the molecule is Cc1cc2c3c(c1)N(c1cccc4c1sc1ccccc14)c1cc(N4c5cc6c(cc5C5(C)CCCCC45C)C(C)(C)CCC6(C)C)ccc1B3c1cccc3c1C2CC1(C)CCCCC31C. The minimum atomic E-state index is -0.0502. The maximum Gasteiger partial charge on any atom is 0.247 e. The Morgan fingerprint density at radius 3 is 2.09 bits per heavy atom. The molecule has 4 heteroatoms. The van der Waals surface area contributed by atoms with Crippen molar-refractivity contribution in [3.05, 3.63) is 142 Å². The molecule has 14 rings (SSSR count). The molecule has 2 nitrogen and oxygen atoms in total. The fraction of sp³-hybridized carbons (Fsp3) is 0.429. The number of anilines is 5. The molecule has 6 aromatic carbocycles. The quantitative estimate of drug-likeness (QED) is 0.160. The number of aryl methyl sites for hydroxylation is 1. The van der Waals surface area contributed by atoms with Crippen LogP contribution >= 0.6 is 11.3 Å². The number of nitrogens with zero attached hydrogens (tertiary/aromatic N) is 2. The van der Waals surface area contributed by atoms with Crippen LogP contribution < -0.4 is 26.2 Å². The number of hydrogen-bond acceptors (Lipinski definition) is 3. The van der Waals surface area contributed by atoms with E-state index < -0.39 is 0 Å². The Morgan fingerprint density at radius 2 is 1.27 bits per heavy atom. The van der Waals surface area contributed by atoms with E-state index in [9.17, 15) is 0 Å². The van der Waals surface area contributed by atoms with Crippen LogP contribution in [-0.2, 0) is 21.7 Å². The van der Waals surface area contributed by atoms with E-state index in [-0.39, 0.29) is 39.3 Å². The first-order chi connectivity index (χ1) is 32.1. The Bertz CT molecular complexity index is 3320. The second-order valence-corrected chi connectivity index (χ2v) is 26.1. The van der Waals surface area contributed by atoms with Crippen molar-refractivity contribution in [1.82, 2.24) is 0 Å². The van der Waals surface area contributed by atoms with E-state index in [1.807, 2.05) is 11.3 Å². The van der Waals surface area contributed by atoms with Crippen molar-refractivity contribution in [1.29, 1.82) is 0 Å². The fourth-order valence-corrected chi connectivity index (χ4v) is 17.8. The van der Waals surface area contributed by atoms with Crippen molar-refractivity contribution in [3.8, 4) is 0 Å². The number of hydrogen-bond donors (Lipinski definition) is 0. The van der Waals surface area contributed by atoms with Gasteiger partial charge in [-0.3, -0.25) is 0 Å². The Kier molecular flexibility index (Phi) is 8.17. The van der Waals surface area contributed by atoms with Gasteiger partial charge in [-0.1, -0.05) is 146 Å². The third-order valence-corrected chi connectivity index (χ3v) is 22.0. The molecule has 3 aliphatic heterocycles. The van der Waals surface area contributed by atoms with Crippen molar-refractivity contribution >= 4 is 83.0 Å². The first-order valence-corrected chi connectivity index (χ1v) is 27.0. The van der Waals surface area contributed by atoms with Crippen molar-refractivity contribution in [2.45, 2.75) is 166 Å². The summed E-state index contributed by atoms with van der Waals surface area (Å²) in [5, 5.41) is 2.72. The third-order valence-electron chi connectivity index (χ3n) is 20.8. The topological polar surface area (TPSA) is 6.48 Å². The molecule has 0 amide bonds. The molecule has 5 unspecified atom stereocenters. The van der Waals surface area contributed by atoms with E-state index in [1.165, 1.54) is 130 Å². The Labute approximate surface area is 404 Å². The van der Waals surface area contributed by atoms with E-state index in [0.717, 1.165) is 0 Å². The van der Waals surface area contributed by atoms with Crippen molar-refractivity contribution in [3.63, 3.8) is 0 Å². The van der Waals surface area contributed by atoms with Gasteiger partial charge in [0, 0.05) is 49.6 Å². The molecule has 0 radical (unpaired) electrons. The fourth-order valence-electron chi connectivity index (χ4n) is 16.6. The highest BCUT2D eigenvalue weighted by Crippen LogP contribution is 2.65. The number of rotatable bonds is 2. The summed E-state index contributed by atoms with van der Waals surface area (Å²) in [5.74, 6) is 0.403. The first-order valence-electron chi connectivity index (χ1n) is 26.2. The molecular formula is C63H67BN2S. The molecule has 2 fully saturated rings. The molecule has 338 valence electrons. The average Bonchev–Trinajstić information content (AvgIpc) is 3.79. The first kappa shape index (κ1) is 41.2. The Hall–Kier alpha value is -4.80. The van der Waals surface area contributed by atoms with Gasteiger partial charge in [0.2, 0.25) is 6.71 Å². The maximum absolute atomic E-state index is 2.89. The zero-order chi connectivity index (χ0) is 45.8. The van der Waals surface area contributed by atoms with Gasteiger partial charge in [0.1, 0.15) is 0 Å². The van der Waals surface area contributed by atoms with E-state index in [1.54, 1.807) is 44.3 Å². The standard InChI is InChI=1S/C63H67BN2S/c1-38-32-42-43-37-60(6)26-12-13-27-61(60,7)44-20-17-21-49(55(43)44)64-48-25-24-39(34-52(48)65(53(33-38)56(42)64)50-22-16-19-41-40-18-10-11-23-54(40)67-57(41)50)66-51-36-46-45(58(2,3)30-31-59(46,4)5)35-47(51)62(8)28-14-15-29-63(62,66)9/h10-11,16-25,32-36,43H,12-15,26-31,37H2,1-9H3. The molecule has 1 aromatic heterocycles. The van der Waals surface area contributed by atoms with Crippen LogP contribution in [0.1, 0.15) is 171 Å². The molecule has 0 N–H and O–H groups in total. The van der Waals surface area contributed by atoms with Gasteiger partial charge in [-0.2, -0.15) is 0 Å². The van der Waals surface area contributed by atoms with E-state index in [2.05, 4.69) is 175 Å². The molecule has 5 atom stereocenters. The van der Waals surface area contributed by atoms with Crippen LogP contribution in [0.15, 0.2) is 103 Å². The van der Waals surface area contributed by atoms with Gasteiger partial charge >= 0.3 is 0 Å². The lowest BCUT2D eigenvalue weighted by Gasteiger charge is -2.58. The molecule has 0 spiro atoms. The lowest BCUT2D eigenvalue weighted by molar-refractivity contribution is 0.0603. The summed E-state index contributed by atoms with van der Waals surface area (Å²) >= 11 is 1.97. The van der Waals surface area contributed by atoms with Gasteiger partial charge < -0.3 is 9.80 Å². The Balaban J connectivity index is 1.06. The number of thiophene rings is 1. The molecule has 0 saturated heterocycles. The van der Waals surface area contributed by atoms with Gasteiger partial charge in [0.15, 0.2) is 0 Å². The molecule has 7 aromatic rings. The second-order valence-electron chi connectivity index (χ2n) is 25.0. The third kappa shape index (κ3) is 5.09. The van der Waals surface area contributed by atoms with Crippen LogP contribution in [0.5, 0.6) is 0 Å². The van der Waals surface area contributed by atoms with E-state index in [4.69, 9.17) is 0 Å². The van der Waals surface area contributed by atoms with Crippen molar-refractivity contribution in [2.24, 2.45) is 5.41 Å². The van der Waals surface area contributed by atoms with Gasteiger partial charge in [0.25, 0.3) is 0 Å². The highest BCUT2D eigenvalue weighted by Gasteiger charge is 2.60. The smallest absolute Gasteiger partial charge is 0.247 e. The predicted molar refractivity (Wildman–Crippen MR) is 288 cm³/mol. The van der Waals surface area contributed by atoms with Crippen LogP contribution in [0, 0.1) is 12.3 Å². The minimum absolute atomic E-state index is 0.0502. The lowest BCUT2D eigenvalue weighted by atomic mass is 9.29. The van der Waals surface area contributed by atoms with Crippen LogP contribution in [0.25, 0.3) is 20.2 Å². The van der Waals surface area contributed by atoms with Gasteiger partial charge in [-0.05, 0) is 167 Å². The second kappa shape index (κ2) is 13.3.